The number of alkyl halides is 2. The summed E-state index contributed by atoms with van der Waals surface area (Å²) in [6.07, 6.45) is 11.1. The number of carbonyl (C=O) groups is 2. The van der Waals surface area contributed by atoms with E-state index in [2.05, 4.69) is 32.0 Å². The highest BCUT2D eigenvalue weighted by Crippen LogP contribution is 2.41. The molecular formula is C34H51ClF2O4. The summed E-state index contributed by atoms with van der Waals surface area (Å²) in [6.45, 7) is 4.21. The number of benzene rings is 1. The van der Waals surface area contributed by atoms with Crippen molar-refractivity contribution in [1.29, 1.82) is 0 Å². The van der Waals surface area contributed by atoms with Crippen LogP contribution in [0.5, 0.6) is 0 Å². The molecule has 0 heterocycles. The van der Waals surface area contributed by atoms with E-state index in [0.29, 0.717) is 11.8 Å². The van der Waals surface area contributed by atoms with Gasteiger partial charge in [0.25, 0.3) is 0 Å². The summed E-state index contributed by atoms with van der Waals surface area (Å²) in [5, 5.41) is 0.760. The Morgan fingerprint density at radius 1 is 0.732 bits per heavy atom. The molecule has 0 N–H and O–H groups in total. The fourth-order valence-electron chi connectivity index (χ4n) is 6.35. The molecule has 0 aromatic heterocycles. The van der Waals surface area contributed by atoms with Crippen LogP contribution >= 0.6 is 11.6 Å². The Labute approximate surface area is 251 Å². The number of unbranched alkanes of at least 4 members (excludes halogenated alkanes) is 6. The number of ether oxygens (including phenoxy) is 2. The maximum absolute atomic E-state index is 14.2. The second-order valence-electron chi connectivity index (χ2n) is 12.2. The largest absolute Gasteiger partial charge is 0.460 e. The SMILES string of the molecule is CCCCCC[C@H](F)C(=O)OC1CCC(c2ccc(C3CCC(OC(=O)[C@@H](F)CCCCCC)CC3)c(Cl)c2)CC1. The number of rotatable bonds is 16. The van der Waals surface area contributed by atoms with Crippen molar-refractivity contribution in [2.45, 2.75) is 166 Å². The van der Waals surface area contributed by atoms with Gasteiger partial charge in [0.1, 0.15) is 12.2 Å². The summed E-state index contributed by atoms with van der Waals surface area (Å²) in [6, 6.07) is 6.35. The van der Waals surface area contributed by atoms with Crippen LogP contribution in [0, 0.1) is 0 Å². The number of esters is 2. The fraction of sp³-hybridized carbons (Fsp3) is 0.765. The monoisotopic (exact) mass is 596 g/mol. The zero-order valence-electron chi connectivity index (χ0n) is 25.2. The van der Waals surface area contributed by atoms with E-state index >= 15 is 0 Å². The highest BCUT2D eigenvalue weighted by Gasteiger charge is 2.30. The van der Waals surface area contributed by atoms with Gasteiger partial charge in [-0.15, -0.1) is 0 Å². The van der Waals surface area contributed by atoms with Gasteiger partial charge in [-0.3, -0.25) is 0 Å². The highest BCUT2D eigenvalue weighted by molar-refractivity contribution is 6.31. The van der Waals surface area contributed by atoms with Crippen molar-refractivity contribution in [3.63, 3.8) is 0 Å². The van der Waals surface area contributed by atoms with E-state index < -0.39 is 24.3 Å². The lowest BCUT2D eigenvalue weighted by Crippen LogP contribution is -2.28. The highest BCUT2D eigenvalue weighted by atomic mass is 35.5. The van der Waals surface area contributed by atoms with Crippen LogP contribution < -0.4 is 0 Å². The summed E-state index contributed by atoms with van der Waals surface area (Å²) in [5.41, 5.74) is 2.31. The van der Waals surface area contributed by atoms with Crippen molar-refractivity contribution < 1.29 is 27.8 Å². The van der Waals surface area contributed by atoms with Crippen LogP contribution in [0.2, 0.25) is 5.02 Å². The molecule has 4 nitrogen and oxygen atoms in total. The van der Waals surface area contributed by atoms with Gasteiger partial charge < -0.3 is 9.47 Å². The van der Waals surface area contributed by atoms with E-state index in [-0.39, 0.29) is 25.0 Å². The summed E-state index contributed by atoms with van der Waals surface area (Å²) in [4.78, 5) is 24.3. The summed E-state index contributed by atoms with van der Waals surface area (Å²) < 4.78 is 39.4. The molecule has 2 atom stereocenters. The van der Waals surface area contributed by atoms with Crippen molar-refractivity contribution in [2.75, 3.05) is 0 Å². The molecule has 2 fully saturated rings. The maximum atomic E-state index is 14.2. The van der Waals surface area contributed by atoms with Crippen LogP contribution in [-0.4, -0.2) is 36.5 Å². The van der Waals surface area contributed by atoms with Crippen molar-refractivity contribution in [2.24, 2.45) is 0 Å². The third kappa shape index (κ3) is 11.1. The van der Waals surface area contributed by atoms with Crippen LogP contribution in [0.1, 0.15) is 152 Å². The van der Waals surface area contributed by atoms with Gasteiger partial charge in [-0.1, -0.05) is 76.1 Å². The molecule has 2 saturated carbocycles. The molecule has 0 radical (unpaired) electrons. The molecule has 7 heteroatoms. The van der Waals surface area contributed by atoms with E-state index in [1.807, 2.05) is 0 Å². The Kier molecular flexibility index (Phi) is 14.9. The molecule has 1 aromatic carbocycles. The van der Waals surface area contributed by atoms with Gasteiger partial charge in [0, 0.05) is 5.02 Å². The van der Waals surface area contributed by atoms with Gasteiger partial charge in [-0.05, 0) is 106 Å². The lowest BCUT2D eigenvalue weighted by Gasteiger charge is -2.31. The Hall–Kier alpha value is -1.69. The van der Waals surface area contributed by atoms with E-state index in [1.165, 1.54) is 5.56 Å². The minimum Gasteiger partial charge on any atom is -0.460 e. The zero-order valence-corrected chi connectivity index (χ0v) is 25.9. The first-order valence-corrected chi connectivity index (χ1v) is 16.7. The molecule has 41 heavy (non-hydrogen) atoms. The van der Waals surface area contributed by atoms with Gasteiger partial charge in [0.15, 0.2) is 12.3 Å². The minimum atomic E-state index is -1.52. The first-order chi connectivity index (χ1) is 19.8. The molecule has 0 aliphatic heterocycles. The molecule has 0 bridgehead atoms. The molecule has 0 unspecified atom stereocenters. The molecular weight excluding hydrogens is 546 g/mol. The molecule has 2 aliphatic rings. The predicted octanol–water partition coefficient (Wildman–Crippen LogP) is 10.1. The number of hydrogen-bond acceptors (Lipinski definition) is 4. The first-order valence-electron chi connectivity index (χ1n) is 16.3. The van der Waals surface area contributed by atoms with Crippen LogP contribution in [-0.2, 0) is 19.1 Å². The predicted molar refractivity (Wildman–Crippen MR) is 161 cm³/mol. The lowest BCUT2D eigenvalue weighted by atomic mass is 9.80. The van der Waals surface area contributed by atoms with Crippen LogP contribution in [0.15, 0.2) is 18.2 Å². The quantitative estimate of drug-likeness (QED) is 0.141. The average Bonchev–Trinajstić information content (AvgIpc) is 2.98. The maximum Gasteiger partial charge on any atom is 0.340 e. The van der Waals surface area contributed by atoms with Gasteiger partial charge in [-0.2, -0.15) is 0 Å². The van der Waals surface area contributed by atoms with Crippen LogP contribution in [0.3, 0.4) is 0 Å². The first kappa shape index (κ1) is 33.8. The smallest absolute Gasteiger partial charge is 0.340 e. The third-order valence-corrected chi connectivity index (χ3v) is 9.31. The second kappa shape index (κ2) is 18.1. The fourth-order valence-corrected chi connectivity index (χ4v) is 6.69. The normalized spacial score (nSPS) is 24.4. The van der Waals surface area contributed by atoms with Gasteiger partial charge in [0.05, 0.1) is 0 Å². The second-order valence-corrected chi connectivity index (χ2v) is 12.6. The molecule has 1 aromatic rings. The number of halogens is 3. The lowest BCUT2D eigenvalue weighted by molar-refractivity contribution is -0.157. The topological polar surface area (TPSA) is 52.6 Å². The van der Waals surface area contributed by atoms with Crippen molar-refractivity contribution >= 4 is 23.5 Å². The number of hydrogen-bond donors (Lipinski definition) is 0. The van der Waals surface area contributed by atoms with Crippen molar-refractivity contribution in [3.8, 4) is 0 Å². The van der Waals surface area contributed by atoms with E-state index in [0.717, 1.165) is 113 Å². The Bertz CT molecular complexity index is 925. The summed E-state index contributed by atoms with van der Waals surface area (Å²) in [5.74, 6) is -0.762. The molecule has 2 aliphatic carbocycles. The molecule has 232 valence electrons. The molecule has 0 saturated heterocycles. The van der Waals surface area contributed by atoms with Gasteiger partial charge >= 0.3 is 11.9 Å². The van der Waals surface area contributed by atoms with Gasteiger partial charge in [0.2, 0.25) is 0 Å². The van der Waals surface area contributed by atoms with Crippen LogP contribution in [0.4, 0.5) is 8.78 Å². The zero-order chi connectivity index (χ0) is 29.6. The van der Waals surface area contributed by atoms with E-state index in [9.17, 15) is 18.4 Å². The third-order valence-electron chi connectivity index (χ3n) is 8.98. The number of carbonyl (C=O) groups excluding carboxylic acids is 2. The summed E-state index contributed by atoms with van der Waals surface area (Å²) >= 11 is 6.76. The standard InChI is InChI=1S/C34H51ClF2O4/c1-3-5-7-9-11-31(36)33(38)40-27-18-13-24(14-19-27)26-17-22-29(30(35)23-26)25-15-20-28(21-16-25)41-34(39)32(37)12-10-8-6-4-2/h17,22-25,27-28,31-32H,3-16,18-21H2,1-2H3/t24?,25?,27?,28?,31-,32-/m0/s1. The molecule has 0 spiro atoms. The molecule has 0 amide bonds. The van der Waals surface area contributed by atoms with Crippen molar-refractivity contribution in [3.05, 3.63) is 34.3 Å². The van der Waals surface area contributed by atoms with Gasteiger partial charge in [-0.25, -0.2) is 18.4 Å². The Morgan fingerprint density at radius 2 is 1.20 bits per heavy atom. The van der Waals surface area contributed by atoms with Crippen LogP contribution in [0.25, 0.3) is 0 Å². The average molecular weight is 597 g/mol. The van der Waals surface area contributed by atoms with E-state index in [4.69, 9.17) is 21.1 Å². The van der Waals surface area contributed by atoms with E-state index in [1.54, 1.807) is 0 Å². The van der Waals surface area contributed by atoms with Crippen molar-refractivity contribution in [1.82, 2.24) is 0 Å². The molecule has 3 rings (SSSR count). The summed E-state index contributed by atoms with van der Waals surface area (Å²) in [7, 11) is 0. The Morgan fingerprint density at radius 3 is 1.63 bits per heavy atom. The Balaban J connectivity index is 1.39. The minimum absolute atomic E-state index is 0.208.